The molecule has 5 aliphatic heterocycles. The summed E-state index contributed by atoms with van der Waals surface area (Å²) in [6.07, 6.45) is 6.95. The summed E-state index contributed by atoms with van der Waals surface area (Å²) in [5, 5.41) is 0. The molecule has 0 saturated carbocycles. The quantitative estimate of drug-likeness (QED) is 0.700. The van der Waals surface area contributed by atoms with Crippen LogP contribution in [0.25, 0.3) is 0 Å². The summed E-state index contributed by atoms with van der Waals surface area (Å²) in [6.45, 7) is 7.64. The average molecular weight is 381 g/mol. The molecule has 5 saturated heterocycles. The van der Waals surface area contributed by atoms with Crippen molar-refractivity contribution in [2.24, 2.45) is 0 Å². The molecular formula is C20H34BO6-. The Kier molecular flexibility index (Phi) is 4.66. The van der Waals surface area contributed by atoms with Crippen molar-refractivity contribution in [2.45, 2.75) is 120 Å². The van der Waals surface area contributed by atoms with Gasteiger partial charge in [0.25, 0.3) is 0 Å². The van der Waals surface area contributed by atoms with E-state index in [1.54, 1.807) is 0 Å². The predicted octanol–water partition coefficient (Wildman–Crippen LogP) is 3.23. The van der Waals surface area contributed by atoms with Gasteiger partial charge in [0.2, 0.25) is 0 Å². The van der Waals surface area contributed by atoms with E-state index >= 15 is 0 Å². The molecule has 5 heterocycles. The highest BCUT2D eigenvalue weighted by Crippen LogP contribution is 2.49. The van der Waals surface area contributed by atoms with Crippen LogP contribution in [-0.2, 0) is 28.3 Å². The molecule has 6 nitrogen and oxygen atoms in total. The normalized spacial score (nSPS) is 50.7. The van der Waals surface area contributed by atoms with Gasteiger partial charge in [-0.05, 0) is 27.7 Å². The van der Waals surface area contributed by atoms with Crippen LogP contribution in [0.4, 0.5) is 0 Å². The van der Waals surface area contributed by atoms with Crippen molar-refractivity contribution >= 4 is 6.92 Å². The van der Waals surface area contributed by atoms with Gasteiger partial charge in [-0.2, -0.15) is 0 Å². The standard InChI is InChI=1S/C20H34BO6/c1-19(2)22-11-14(24-19)15-16(17-18(23-15)26-20(3,4)25-17)27-21-12-7-5-8-13(21)10-6-9-12/h12-18,21H,5-11H2,1-4H3/q-1/t12?,13?,14?,15-,16?,17?,18-,21?/m1/s1. The maximum atomic E-state index is 6.94. The van der Waals surface area contributed by atoms with Crippen molar-refractivity contribution in [3.05, 3.63) is 0 Å². The van der Waals surface area contributed by atoms with Crippen LogP contribution in [0.15, 0.2) is 0 Å². The third kappa shape index (κ3) is 3.49. The molecule has 2 bridgehead atoms. The minimum Gasteiger partial charge on any atom is -0.587 e. The number of fused-ring (bicyclic) bond motifs is 3. The van der Waals surface area contributed by atoms with Crippen LogP contribution in [0, 0.1) is 0 Å². The van der Waals surface area contributed by atoms with Crippen LogP contribution < -0.4 is 0 Å². The Morgan fingerprint density at radius 1 is 0.815 bits per heavy atom. The Morgan fingerprint density at radius 3 is 2.07 bits per heavy atom. The highest BCUT2D eigenvalue weighted by atomic mass is 16.8. The highest BCUT2D eigenvalue weighted by Gasteiger charge is 2.58. The summed E-state index contributed by atoms with van der Waals surface area (Å²) in [4.78, 5) is 0. The first-order valence-corrected chi connectivity index (χ1v) is 11.0. The van der Waals surface area contributed by atoms with Crippen molar-refractivity contribution in [1.82, 2.24) is 0 Å². The molecule has 0 aromatic carbocycles. The molecule has 27 heavy (non-hydrogen) atoms. The SMILES string of the molecule is CC1(C)OCC([C@H]2O[C@@H]3OC(C)(C)OC3C2O[BH-]2C3CCCC2CCC3)O1. The van der Waals surface area contributed by atoms with Gasteiger partial charge in [-0.3, -0.25) is 0 Å². The van der Waals surface area contributed by atoms with Crippen molar-refractivity contribution in [3.8, 4) is 0 Å². The minimum atomic E-state index is -0.670. The smallest absolute Gasteiger partial charge is 0.190 e. The van der Waals surface area contributed by atoms with Gasteiger partial charge in [-0.25, -0.2) is 0 Å². The maximum Gasteiger partial charge on any atom is 0.190 e. The van der Waals surface area contributed by atoms with Crippen LogP contribution in [0.2, 0.25) is 11.6 Å². The maximum absolute atomic E-state index is 6.94. The number of rotatable bonds is 3. The Bertz CT molecular complexity index is 547. The van der Waals surface area contributed by atoms with Crippen LogP contribution in [-0.4, -0.2) is 55.8 Å². The lowest BCUT2D eigenvalue weighted by Gasteiger charge is -2.51. The van der Waals surface area contributed by atoms with E-state index in [0.29, 0.717) is 6.61 Å². The minimum absolute atomic E-state index is 0.138. The Hall–Kier alpha value is -0.175. The number of ether oxygens (including phenoxy) is 5. The zero-order valence-electron chi connectivity index (χ0n) is 17.1. The lowest BCUT2D eigenvalue weighted by molar-refractivity contribution is -0.230. The number of hydrogen-bond donors (Lipinski definition) is 0. The van der Waals surface area contributed by atoms with Crippen molar-refractivity contribution in [2.75, 3.05) is 6.61 Å². The first kappa shape index (κ1) is 18.8. The summed E-state index contributed by atoms with van der Waals surface area (Å²) < 4.78 is 37.4. The third-order valence-corrected chi connectivity index (χ3v) is 7.40. The van der Waals surface area contributed by atoms with Gasteiger partial charge in [-0.1, -0.05) is 38.5 Å². The monoisotopic (exact) mass is 381 g/mol. The van der Waals surface area contributed by atoms with Gasteiger partial charge in [-0.15, -0.1) is 11.6 Å². The predicted molar refractivity (Wildman–Crippen MR) is 101 cm³/mol. The molecule has 3 unspecified atom stereocenters. The fraction of sp³-hybridized carbons (Fsp3) is 1.00. The summed E-state index contributed by atoms with van der Waals surface area (Å²) in [7, 11) is 0. The van der Waals surface area contributed by atoms with E-state index in [-0.39, 0.29) is 30.7 Å². The first-order chi connectivity index (χ1) is 12.8. The van der Waals surface area contributed by atoms with Gasteiger partial charge in [0.1, 0.15) is 25.2 Å². The third-order valence-electron chi connectivity index (χ3n) is 7.40. The lowest BCUT2D eigenvalue weighted by atomic mass is 9.38. The molecule has 0 radical (unpaired) electrons. The number of hydrogen-bond acceptors (Lipinski definition) is 6. The fourth-order valence-corrected chi connectivity index (χ4v) is 6.32. The molecule has 5 aliphatic rings. The lowest BCUT2D eigenvalue weighted by Crippen LogP contribution is -2.49. The molecule has 7 heteroatoms. The molecule has 0 spiro atoms. The fourth-order valence-electron chi connectivity index (χ4n) is 6.32. The molecule has 0 aliphatic carbocycles. The molecule has 0 aromatic heterocycles. The topological polar surface area (TPSA) is 55.4 Å². The molecule has 5 fully saturated rings. The zero-order chi connectivity index (χ0) is 18.8. The van der Waals surface area contributed by atoms with Gasteiger partial charge in [0, 0.05) is 0 Å². The van der Waals surface area contributed by atoms with Crippen molar-refractivity contribution < 1.29 is 28.3 Å². The summed E-state index contributed by atoms with van der Waals surface area (Å²) in [6, 6.07) is 0. The molecule has 5 atom stereocenters. The van der Waals surface area contributed by atoms with Crippen LogP contribution in [0.3, 0.4) is 0 Å². The molecule has 0 aromatic rings. The first-order valence-electron chi connectivity index (χ1n) is 11.0. The van der Waals surface area contributed by atoms with E-state index in [9.17, 15) is 0 Å². The Balaban J connectivity index is 1.37. The molecular weight excluding hydrogens is 347 g/mol. The molecule has 154 valence electrons. The second-order valence-electron chi connectivity index (χ2n) is 10.2. The van der Waals surface area contributed by atoms with E-state index < -0.39 is 18.5 Å². The second-order valence-corrected chi connectivity index (χ2v) is 10.2. The van der Waals surface area contributed by atoms with Crippen molar-refractivity contribution in [1.29, 1.82) is 0 Å². The van der Waals surface area contributed by atoms with E-state index in [1.807, 2.05) is 27.7 Å². The van der Waals surface area contributed by atoms with E-state index in [1.165, 1.54) is 38.5 Å². The molecule has 5 rings (SSSR count). The zero-order valence-corrected chi connectivity index (χ0v) is 17.1. The van der Waals surface area contributed by atoms with Gasteiger partial charge in [0.05, 0.1) is 12.7 Å². The van der Waals surface area contributed by atoms with Gasteiger partial charge >= 0.3 is 0 Å². The average Bonchev–Trinajstić information content (AvgIpc) is 3.18. The second kappa shape index (κ2) is 6.68. The highest BCUT2D eigenvalue weighted by molar-refractivity contribution is 6.56. The molecule has 0 N–H and O–H groups in total. The van der Waals surface area contributed by atoms with Crippen LogP contribution >= 0.6 is 0 Å². The van der Waals surface area contributed by atoms with E-state index in [4.69, 9.17) is 28.3 Å². The summed E-state index contributed by atoms with van der Waals surface area (Å²) >= 11 is 0. The van der Waals surface area contributed by atoms with E-state index in [0.717, 1.165) is 11.6 Å². The van der Waals surface area contributed by atoms with Gasteiger partial charge < -0.3 is 28.3 Å². The largest absolute Gasteiger partial charge is 0.587 e. The van der Waals surface area contributed by atoms with Crippen LogP contribution in [0.1, 0.15) is 66.2 Å². The van der Waals surface area contributed by atoms with Crippen molar-refractivity contribution in [3.63, 3.8) is 0 Å². The Labute approximate surface area is 162 Å². The van der Waals surface area contributed by atoms with Crippen LogP contribution in [0.5, 0.6) is 0 Å². The molecule has 0 amide bonds. The summed E-state index contributed by atoms with van der Waals surface area (Å²) in [5.41, 5.74) is 0. The van der Waals surface area contributed by atoms with Gasteiger partial charge in [0.15, 0.2) is 17.9 Å². The van der Waals surface area contributed by atoms with E-state index in [2.05, 4.69) is 0 Å². The Morgan fingerprint density at radius 2 is 1.48 bits per heavy atom. The summed E-state index contributed by atoms with van der Waals surface area (Å²) in [5.74, 6) is 0.298.